The third-order valence-corrected chi connectivity index (χ3v) is 9.54. The molecule has 5 saturated carbocycles. The van der Waals surface area contributed by atoms with E-state index in [-0.39, 0.29) is 5.41 Å². The molecule has 0 amide bonds. The number of methoxy groups -OCH3 is 1. The highest BCUT2D eigenvalue weighted by molar-refractivity contribution is 5.87. The predicted molar refractivity (Wildman–Crippen MR) is 85.3 cm³/mol. The Labute approximate surface area is 134 Å². The molecular weight excluding hydrogens is 272 g/mol. The maximum absolute atomic E-state index is 12.5. The van der Waals surface area contributed by atoms with Crippen LogP contribution in [-0.4, -0.2) is 19.0 Å². The van der Waals surface area contributed by atoms with Gasteiger partial charge in [0.15, 0.2) is 0 Å². The molecule has 0 aromatic heterocycles. The zero-order chi connectivity index (χ0) is 15.3. The first-order chi connectivity index (χ1) is 10.5. The first kappa shape index (κ1) is 14.0. The van der Waals surface area contributed by atoms with Crippen molar-refractivity contribution in [3.63, 3.8) is 0 Å². The summed E-state index contributed by atoms with van der Waals surface area (Å²) in [6.07, 6.45) is 10.4. The SMILES string of the molecule is CO[C@@H]1C[C@H]2[C@@H]3CCC(=O)[C@@]3(C)CC[C@@H]2[C@@]2(C)CC[C@@H]3C[C@]312. The number of carbonyl (C=O) groups excluding carboxylic acids is 1. The largest absolute Gasteiger partial charge is 0.381 e. The van der Waals surface area contributed by atoms with Gasteiger partial charge in [0.25, 0.3) is 0 Å². The molecule has 22 heavy (non-hydrogen) atoms. The monoisotopic (exact) mass is 302 g/mol. The van der Waals surface area contributed by atoms with Gasteiger partial charge in [0, 0.05) is 24.4 Å². The van der Waals surface area contributed by atoms with Crippen LogP contribution >= 0.6 is 0 Å². The predicted octanol–water partition coefficient (Wildman–Crippen LogP) is 4.22. The Morgan fingerprint density at radius 1 is 1.09 bits per heavy atom. The topological polar surface area (TPSA) is 26.3 Å². The van der Waals surface area contributed by atoms with E-state index in [0.29, 0.717) is 28.6 Å². The smallest absolute Gasteiger partial charge is 0.139 e. The van der Waals surface area contributed by atoms with Crippen LogP contribution in [0.1, 0.15) is 65.2 Å². The number of carbonyl (C=O) groups is 1. The molecule has 5 fully saturated rings. The van der Waals surface area contributed by atoms with Gasteiger partial charge in [0.05, 0.1) is 6.10 Å². The Morgan fingerprint density at radius 3 is 2.64 bits per heavy atom. The Hall–Kier alpha value is -0.370. The van der Waals surface area contributed by atoms with E-state index in [0.717, 1.165) is 37.0 Å². The lowest BCUT2D eigenvalue weighted by Gasteiger charge is -2.59. The average Bonchev–Trinajstić information content (AvgIpc) is 3.05. The maximum atomic E-state index is 12.5. The number of ketones is 1. The highest BCUT2D eigenvalue weighted by atomic mass is 16.5. The summed E-state index contributed by atoms with van der Waals surface area (Å²) in [5.74, 6) is 3.75. The Bertz CT molecular complexity index is 542. The Kier molecular flexibility index (Phi) is 2.54. The van der Waals surface area contributed by atoms with Crippen LogP contribution in [-0.2, 0) is 9.53 Å². The summed E-state index contributed by atoms with van der Waals surface area (Å²) in [4.78, 5) is 12.5. The molecule has 0 unspecified atom stereocenters. The van der Waals surface area contributed by atoms with E-state index in [1.165, 1.54) is 32.1 Å². The van der Waals surface area contributed by atoms with Crippen LogP contribution in [0.15, 0.2) is 0 Å². The van der Waals surface area contributed by atoms with E-state index < -0.39 is 0 Å². The molecule has 0 saturated heterocycles. The Morgan fingerprint density at radius 2 is 1.91 bits per heavy atom. The summed E-state index contributed by atoms with van der Waals surface area (Å²) < 4.78 is 6.09. The van der Waals surface area contributed by atoms with Crippen LogP contribution in [0.4, 0.5) is 0 Å². The number of ether oxygens (including phenoxy) is 1. The molecular formula is C20H30O2. The van der Waals surface area contributed by atoms with Crippen molar-refractivity contribution in [3.05, 3.63) is 0 Å². The van der Waals surface area contributed by atoms with Crippen LogP contribution in [0.25, 0.3) is 0 Å². The van der Waals surface area contributed by atoms with Crippen LogP contribution in [0.2, 0.25) is 0 Å². The number of hydrogen-bond acceptors (Lipinski definition) is 2. The minimum atomic E-state index is 0.00186. The van der Waals surface area contributed by atoms with Crippen molar-refractivity contribution in [1.82, 2.24) is 0 Å². The summed E-state index contributed by atoms with van der Waals surface area (Å²) >= 11 is 0. The zero-order valence-corrected chi connectivity index (χ0v) is 14.4. The van der Waals surface area contributed by atoms with Gasteiger partial charge in [-0.05, 0) is 74.0 Å². The van der Waals surface area contributed by atoms with Gasteiger partial charge in [0.1, 0.15) is 5.78 Å². The molecule has 5 aliphatic carbocycles. The summed E-state index contributed by atoms with van der Waals surface area (Å²) in [5.41, 5.74) is 1.01. The molecule has 0 heterocycles. The van der Waals surface area contributed by atoms with Crippen LogP contribution in [0.5, 0.6) is 0 Å². The second kappa shape index (κ2) is 3.99. The standard InChI is InChI=1S/C20H30O2/c1-18-8-7-15-13(14(18)4-5-16(18)21)10-17(22-3)20-11-12(20)6-9-19(15,20)2/h12-15,17H,4-11H2,1-3H3/t12-,13+,14+,15+,17-,18+,19-,20+/m1/s1. The van der Waals surface area contributed by atoms with E-state index in [9.17, 15) is 4.79 Å². The minimum absolute atomic E-state index is 0.00186. The van der Waals surface area contributed by atoms with Crippen molar-refractivity contribution in [1.29, 1.82) is 0 Å². The fourth-order valence-electron chi connectivity index (χ4n) is 8.35. The first-order valence-electron chi connectivity index (χ1n) is 9.53. The van der Waals surface area contributed by atoms with Crippen molar-refractivity contribution in [2.24, 2.45) is 39.9 Å². The van der Waals surface area contributed by atoms with Gasteiger partial charge in [-0.25, -0.2) is 0 Å². The second-order valence-corrected chi connectivity index (χ2v) is 9.65. The molecule has 0 aromatic rings. The highest BCUT2D eigenvalue weighted by Gasteiger charge is 2.77. The lowest BCUT2D eigenvalue weighted by Crippen LogP contribution is -2.56. The molecule has 0 N–H and O–H groups in total. The fraction of sp³-hybridized carbons (Fsp3) is 0.950. The molecule has 5 rings (SSSR count). The highest BCUT2D eigenvalue weighted by Crippen LogP contribution is 2.81. The molecule has 0 bridgehead atoms. The normalized spacial score (nSPS) is 62.1. The van der Waals surface area contributed by atoms with E-state index in [4.69, 9.17) is 4.74 Å². The molecule has 0 aromatic carbocycles. The molecule has 122 valence electrons. The van der Waals surface area contributed by atoms with Crippen molar-refractivity contribution in [2.45, 2.75) is 71.3 Å². The third kappa shape index (κ3) is 1.29. The van der Waals surface area contributed by atoms with Gasteiger partial charge in [0.2, 0.25) is 0 Å². The quantitative estimate of drug-likeness (QED) is 0.725. The summed E-state index contributed by atoms with van der Waals surface area (Å²) in [7, 11) is 1.94. The van der Waals surface area contributed by atoms with Crippen molar-refractivity contribution < 1.29 is 9.53 Å². The molecule has 5 aliphatic rings. The molecule has 0 aliphatic heterocycles. The second-order valence-electron chi connectivity index (χ2n) is 9.65. The number of fused-ring (bicyclic) bond motifs is 4. The summed E-state index contributed by atoms with van der Waals surface area (Å²) in [5, 5.41) is 0. The van der Waals surface area contributed by atoms with E-state index in [1.807, 2.05) is 7.11 Å². The lowest BCUT2D eigenvalue weighted by molar-refractivity contribution is -0.161. The van der Waals surface area contributed by atoms with Gasteiger partial charge >= 0.3 is 0 Å². The molecule has 8 atom stereocenters. The maximum Gasteiger partial charge on any atom is 0.139 e. The van der Waals surface area contributed by atoms with Gasteiger partial charge in [-0.3, -0.25) is 4.79 Å². The van der Waals surface area contributed by atoms with Gasteiger partial charge in [-0.2, -0.15) is 0 Å². The lowest BCUT2D eigenvalue weighted by atomic mass is 9.46. The zero-order valence-electron chi connectivity index (χ0n) is 14.4. The number of rotatable bonds is 1. The van der Waals surface area contributed by atoms with Crippen molar-refractivity contribution in [3.8, 4) is 0 Å². The van der Waals surface area contributed by atoms with Crippen LogP contribution in [0, 0.1) is 39.9 Å². The first-order valence-corrected chi connectivity index (χ1v) is 9.53. The fourth-order valence-corrected chi connectivity index (χ4v) is 8.35. The van der Waals surface area contributed by atoms with E-state index in [1.54, 1.807) is 0 Å². The number of hydrogen-bond donors (Lipinski definition) is 0. The van der Waals surface area contributed by atoms with Crippen molar-refractivity contribution >= 4 is 5.78 Å². The van der Waals surface area contributed by atoms with Crippen LogP contribution in [0.3, 0.4) is 0 Å². The molecule has 2 heteroatoms. The average molecular weight is 302 g/mol. The molecule has 1 spiro atoms. The van der Waals surface area contributed by atoms with Crippen LogP contribution < -0.4 is 0 Å². The summed E-state index contributed by atoms with van der Waals surface area (Å²) in [6, 6.07) is 0. The summed E-state index contributed by atoms with van der Waals surface area (Å²) in [6.45, 7) is 4.88. The minimum Gasteiger partial charge on any atom is -0.381 e. The van der Waals surface area contributed by atoms with E-state index in [2.05, 4.69) is 13.8 Å². The number of Topliss-reactive ketones (excluding diaryl/α,β-unsaturated/α-hetero) is 1. The molecule has 2 nitrogen and oxygen atoms in total. The Balaban J connectivity index is 1.57. The third-order valence-electron chi connectivity index (χ3n) is 9.54. The molecule has 0 radical (unpaired) electrons. The van der Waals surface area contributed by atoms with Crippen molar-refractivity contribution in [2.75, 3.05) is 7.11 Å². The van der Waals surface area contributed by atoms with Gasteiger partial charge in [-0.1, -0.05) is 13.8 Å². The van der Waals surface area contributed by atoms with E-state index >= 15 is 0 Å². The van der Waals surface area contributed by atoms with Gasteiger partial charge < -0.3 is 4.74 Å². The van der Waals surface area contributed by atoms with Gasteiger partial charge in [-0.15, -0.1) is 0 Å².